The van der Waals surface area contributed by atoms with Crippen molar-refractivity contribution < 1.29 is 4.79 Å². The highest BCUT2D eigenvalue weighted by Gasteiger charge is 2.08. The van der Waals surface area contributed by atoms with Crippen molar-refractivity contribution in [3.8, 4) is 11.3 Å². The molecule has 5 heteroatoms. The summed E-state index contributed by atoms with van der Waals surface area (Å²) in [6, 6.07) is 7.08. The molecule has 0 saturated carbocycles. The molecule has 1 amide bonds. The Kier molecular flexibility index (Phi) is 5.84. The predicted octanol–water partition coefficient (Wildman–Crippen LogP) is 3.83. The van der Waals surface area contributed by atoms with E-state index < -0.39 is 5.91 Å². The number of benzene rings is 1. The number of aromatic nitrogens is 2. The third kappa shape index (κ3) is 4.29. The minimum absolute atomic E-state index is 0.441. The lowest BCUT2D eigenvalue weighted by Gasteiger charge is -2.10. The lowest BCUT2D eigenvalue weighted by atomic mass is 10.1. The number of amides is 1. The van der Waals surface area contributed by atoms with Crippen LogP contribution in [0.25, 0.3) is 11.3 Å². The van der Waals surface area contributed by atoms with Crippen molar-refractivity contribution in [2.45, 2.75) is 27.2 Å². The van der Waals surface area contributed by atoms with E-state index in [0.29, 0.717) is 11.5 Å². The van der Waals surface area contributed by atoms with Gasteiger partial charge in [0, 0.05) is 23.0 Å². The first-order valence-electron chi connectivity index (χ1n) is 7.89. The maximum Gasteiger partial charge on any atom is 0.248 e. The number of nitrogens with zero attached hydrogens (tertiary/aromatic N) is 2. The summed E-state index contributed by atoms with van der Waals surface area (Å²) in [5.74, 6) is 0.0900. The van der Waals surface area contributed by atoms with E-state index >= 15 is 0 Å². The van der Waals surface area contributed by atoms with Crippen LogP contribution in [0, 0.1) is 6.92 Å². The van der Waals surface area contributed by atoms with Gasteiger partial charge in [0.15, 0.2) is 0 Å². The average molecular weight is 322 g/mol. The fourth-order valence-corrected chi connectivity index (χ4v) is 2.17. The number of rotatable bonds is 6. The largest absolute Gasteiger partial charge is 0.366 e. The Hall–Kier alpha value is -2.95. The summed E-state index contributed by atoms with van der Waals surface area (Å²) in [6.07, 6.45) is 8.79. The smallest absolute Gasteiger partial charge is 0.248 e. The Balaban J connectivity index is 2.31. The van der Waals surface area contributed by atoms with Crippen molar-refractivity contribution in [2.24, 2.45) is 5.73 Å². The van der Waals surface area contributed by atoms with Crippen LogP contribution < -0.4 is 11.1 Å². The van der Waals surface area contributed by atoms with Crippen molar-refractivity contribution in [1.29, 1.82) is 0 Å². The first-order chi connectivity index (χ1) is 11.5. The Morgan fingerprint density at radius 1 is 1.29 bits per heavy atom. The molecule has 124 valence electrons. The number of hydrogen-bond donors (Lipinski definition) is 2. The maximum atomic E-state index is 11.2. The van der Waals surface area contributed by atoms with Crippen LogP contribution in [0.2, 0.25) is 0 Å². The standard InChI is InChI=1S/C19H22N4O/c1-4-6-7-16(5-2)22-19-21-12-13(3)17(23-19)14-8-10-15(11-9-14)18(20)24/h5-12H,4H2,1-3H3,(H2,20,24)(H,21,22,23)/b7-6-,16-5+. The first kappa shape index (κ1) is 17.4. The second kappa shape index (κ2) is 8.06. The molecule has 24 heavy (non-hydrogen) atoms. The van der Waals surface area contributed by atoms with Crippen molar-refractivity contribution in [2.75, 3.05) is 5.32 Å². The second-order valence-corrected chi connectivity index (χ2v) is 5.35. The summed E-state index contributed by atoms with van der Waals surface area (Å²) in [4.78, 5) is 20.1. The topological polar surface area (TPSA) is 80.9 Å². The lowest BCUT2D eigenvalue weighted by Crippen LogP contribution is -2.10. The summed E-state index contributed by atoms with van der Waals surface area (Å²) in [6.45, 7) is 5.99. The van der Waals surface area contributed by atoms with Crippen LogP contribution in [0.3, 0.4) is 0 Å². The van der Waals surface area contributed by atoms with E-state index in [0.717, 1.165) is 28.9 Å². The van der Waals surface area contributed by atoms with Gasteiger partial charge in [-0.1, -0.05) is 31.2 Å². The molecule has 0 atom stereocenters. The molecule has 1 aromatic carbocycles. The number of hydrogen-bond acceptors (Lipinski definition) is 4. The monoisotopic (exact) mass is 322 g/mol. The van der Waals surface area contributed by atoms with Crippen LogP contribution in [-0.2, 0) is 0 Å². The zero-order chi connectivity index (χ0) is 17.5. The summed E-state index contributed by atoms with van der Waals surface area (Å²) >= 11 is 0. The predicted molar refractivity (Wildman–Crippen MR) is 97.5 cm³/mol. The van der Waals surface area contributed by atoms with Crippen LogP contribution in [0.1, 0.15) is 36.2 Å². The molecule has 2 rings (SSSR count). The van der Waals surface area contributed by atoms with E-state index in [4.69, 9.17) is 5.73 Å². The number of carbonyl (C=O) groups is 1. The molecule has 0 unspecified atom stereocenters. The van der Waals surface area contributed by atoms with E-state index in [1.54, 1.807) is 18.3 Å². The second-order valence-electron chi connectivity index (χ2n) is 5.35. The molecule has 1 aromatic heterocycles. The molecule has 0 aliphatic carbocycles. The van der Waals surface area contributed by atoms with Crippen molar-refractivity contribution in [3.05, 3.63) is 65.5 Å². The van der Waals surface area contributed by atoms with E-state index in [1.807, 2.05) is 38.1 Å². The third-order valence-corrected chi connectivity index (χ3v) is 3.51. The summed E-state index contributed by atoms with van der Waals surface area (Å²) in [5.41, 5.74) is 9.38. The van der Waals surface area contributed by atoms with Crippen LogP contribution in [0.5, 0.6) is 0 Å². The van der Waals surface area contributed by atoms with Gasteiger partial charge in [-0.25, -0.2) is 9.97 Å². The quantitative estimate of drug-likeness (QED) is 0.792. The van der Waals surface area contributed by atoms with E-state index in [2.05, 4.69) is 28.3 Å². The normalized spacial score (nSPS) is 11.7. The van der Waals surface area contributed by atoms with Crippen LogP contribution in [-0.4, -0.2) is 15.9 Å². The van der Waals surface area contributed by atoms with Crippen molar-refractivity contribution in [3.63, 3.8) is 0 Å². The molecular formula is C19H22N4O. The molecule has 0 bridgehead atoms. The molecule has 0 spiro atoms. The Labute approximate surface area is 142 Å². The maximum absolute atomic E-state index is 11.2. The van der Waals surface area contributed by atoms with Gasteiger partial charge in [0.1, 0.15) is 0 Å². The number of nitrogens with two attached hydrogens (primary N) is 1. The van der Waals surface area contributed by atoms with Gasteiger partial charge in [0.25, 0.3) is 0 Å². The fraction of sp³-hybridized carbons (Fsp3) is 0.211. The number of aryl methyl sites for hydroxylation is 1. The minimum Gasteiger partial charge on any atom is -0.366 e. The third-order valence-electron chi connectivity index (χ3n) is 3.51. The van der Waals surface area contributed by atoms with Gasteiger partial charge >= 0.3 is 0 Å². The Bertz CT molecular complexity index is 776. The highest BCUT2D eigenvalue weighted by atomic mass is 16.1. The number of allylic oxidation sites excluding steroid dienone is 3. The molecule has 3 N–H and O–H groups in total. The zero-order valence-electron chi connectivity index (χ0n) is 14.2. The number of carbonyl (C=O) groups excluding carboxylic acids is 1. The Morgan fingerprint density at radius 3 is 2.58 bits per heavy atom. The highest BCUT2D eigenvalue weighted by molar-refractivity contribution is 5.93. The van der Waals surface area contributed by atoms with E-state index in [9.17, 15) is 4.79 Å². The van der Waals surface area contributed by atoms with Gasteiger partial charge in [-0.2, -0.15) is 0 Å². The molecule has 2 aromatic rings. The minimum atomic E-state index is -0.441. The molecule has 0 aliphatic rings. The number of nitrogens with one attached hydrogen (secondary N) is 1. The molecule has 0 aliphatic heterocycles. The van der Waals surface area contributed by atoms with Gasteiger partial charge < -0.3 is 11.1 Å². The zero-order valence-corrected chi connectivity index (χ0v) is 14.2. The Morgan fingerprint density at radius 2 is 2.00 bits per heavy atom. The SMILES string of the molecule is C/C=C(\C=C/CC)Nc1ncc(C)c(-c2ccc(C(N)=O)cc2)n1. The highest BCUT2D eigenvalue weighted by Crippen LogP contribution is 2.22. The molecule has 5 nitrogen and oxygen atoms in total. The average Bonchev–Trinajstić information content (AvgIpc) is 2.60. The van der Waals surface area contributed by atoms with E-state index in [-0.39, 0.29) is 0 Å². The number of primary amides is 1. The molecule has 0 fully saturated rings. The summed E-state index contributed by atoms with van der Waals surface area (Å²) < 4.78 is 0. The fourth-order valence-electron chi connectivity index (χ4n) is 2.17. The molecule has 0 radical (unpaired) electrons. The summed E-state index contributed by atoms with van der Waals surface area (Å²) in [7, 11) is 0. The van der Waals surface area contributed by atoms with Gasteiger partial charge in [-0.05, 0) is 44.0 Å². The van der Waals surface area contributed by atoms with Gasteiger partial charge in [0.2, 0.25) is 11.9 Å². The lowest BCUT2D eigenvalue weighted by molar-refractivity contribution is 0.100. The molecule has 0 saturated heterocycles. The van der Waals surface area contributed by atoms with Gasteiger partial charge in [-0.15, -0.1) is 0 Å². The van der Waals surface area contributed by atoms with Crippen molar-refractivity contribution in [1.82, 2.24) is 9.97 Å². The van der Waals surface area contributed by atoms with Crippen LogP contribution in [0.4, 0.5) is 5.95 Å². The number of anilines is 1. The van der Waals surface area contributed by atoms with Crippen LogP contribution in [0.15, 0.2) is 54.4 Å². The first-order valence-corrected chi connectivity index (χ1v) is 7.89. The van der Waals surface area contributed by atoms with Crippen LogP contribution >= 0.6 is 0 Å². The van der Waals surface area contributed by atoms with Gasteiger partial charge in [0.05, 0.1) is 5.69 Å². The van der Waals surface area contributed by atoms with Crippen molar-refractivity contribution >= 4 is 11.9 Å². The molecule has 1 heterocycles. The van der Waals surface area contributed by atoms with E-state index in [1.165, 1.54) is 0 Å². The molecular weight excluding hydrogens is 300 g/mol. The summed E-state index contributed by atoms with van der Waals surface area (Å²) in [5, 5.41) is 3.21. The van der Waals surface area contributed by atoms with Gasteiger partial charge in [-0.3, -0.25) is 4.79 Å².